The highest BCUT2D eigenvalue weighted by Gasteiger charge is 2.22. The van der Waals surface area contributed by atoms with E-state index in [1.54, 1.807) is 6.08 Å². The summed E-state index contributed by atoms with van der Waals surface area (Å²) in [5.74, 6) is -0.264. The predicted octanol–water partition coefficient (Wildman–Crippen LogP) is 2.55. The molecule has 0 radical (unpaired) electrons. The SMILES string of the molecule is Cc1ccc(/C=C/C(=O)N2CCCCC2=O)cc1. The Kier molecular flexibility index (Phi) is 3.92. The zero-order valence-corrected chi connectivity index (χ0v) is 10.6. The number of carbonyl (C=O) groups excluding carboxylic acids is 2. The van der Waals surface area contributed by atoms with Gasteiger partial charge in [-0.2, -0.15) is 0 Å². The number of likely N-dealkylation sites (tertiary alicyclic amines) is 1. The molecule has 0 atom stereocenters. The number of benzene rings is 1. The van der Waals surface area contributed by atoms with Crippen LogP contribution in [0.4, 0.5) is 0 Å². The van der Waals surface area contributed by atoms with Gasteiger partial charge in [-0.25, -0.2) is 0 Å². The molecule has 0 aliphatic carbocycles. The molecule has 1 saturated heterocycles. The van der Waals surface area contributed by atoms with Gasteiger partial charge in [0.1, 0.15) is 0 Å². The summed E-state index contributed by atoms with van der Waals surface area (Å²) < 4.78 is 0. The number of amides is 2. The van der Waals surface area contributed by atoms with Crippen LogP contribution in [0.25, 0.3) is 6.08 Å². The van der Waals surface area contributed by atoms with Gasteiger partial charge in [0, 0.05) is 19.0 Å². The van der Waals surface area contributed by atoms with Crippen LogP contribution >= 0.6 is 0 Å². The first-order chi connectivity index (χ1) is 8.66. The quantitative estimate of drug-likeness (QED) is 0.748. The zero-order valence-electron chi connectivity index (χ0n) is 10.6. The van der Waals surface area contributed by atoms with Crippen LogP contribution in [0, 0.1) is 6.92 Å². The molecule has 3 nitrogen and oxygen atoms in total. The lowest BCUT2D eigenvalue weighted by Crippen LogP contribution is -2.39. The highest BCUT2D eigenvalue weighted by molar-refractivity contribution is 6.03. The second kappa shape index (κ2) is 5.63. The maximum absolute atomic E-state index is 11.9. The van der Waals surface area contributed by atoms with Crippen LogP contribution in [-0.4, -0.2) is 23.3 Å². The van der Waals surface area contributed by atoms with E-state index in [4.69, 9.17) is 0 Å². The van der Waals surface area contributed by atoms with Crippen molar-refractivity contribution in [2.45, 2.75) is 26.2 Å². The van der Waals surface area contributed by atoms with Gasteiger partial charge in [0.05, 0.1) is 0 Å². The number of hydrogen-bond acceptors (Lipinski definition) is 2. The Labute approximate surface area is 107 Å². The first-order valence-corrected chi connectivity index (χ1v) is 6.26. The van der Waals surface area contributed by atoms with Gasteiger partial charge in [0.15, 0.2) is 0 Å². The Morgan fingerprint density at radius 2 is 1.94 bits per heavy atom. The largest absolute Gasteiger partial charge is 0.279 e. The molecule has 1 aliphatic rings. The summed E-state index contributed by atoms with van der Waals surface area (Å²) in [7, 11) is 0. The Balaban J connectivity index is 2.02. The summed E-state index contributed by atoms with van der Waals surface area (Å²) in [6.45, 7) is 2.57. The van der Waals surface area contributed by atoms with Crippen molar-refractivity contribution in [3.8, 4) is 0 Å². The summed E-state index contributed by atoms with van der Waals surface area (Å²) in [6.07, 6.45) is 5.53. The van der Waals surface area contributed by atoms with Crippen LogP contribution in [0.1, 0.15) is 30.4 Å². The first kappa shape index (κ1) is 12.6. The number of piperidine rings is 1. The molecule has 0 aromatic heterocycles. The fourth-order valence-electron chi connectivity index (χ4n) is 1.97. The third kappa shape index (κ3) is 3.06. The average Bonchev–Trinajstić information content (AvgIpc) is 2.38. The lowest BCUT2D eigenvalue weighted by molar-refractivity contribution is -0.143. The van der Waals surface area contributed by atoms with Crippen molar-refractivity contribution < 1.29 is 9.59 Å². The molecular weight excluding hydrogens is 226 g/mol. The third-order valence-corrected chi connectivity index (χ3v) is 3.09. The number of aryl methyl sites for hydroxylation is 1. The number of imide groups is 1. The monoisotopic (exact) mass is 243 g/mol. The molecule has 0 N–H and O–H groups in total. The normalized spacial score (nSPS) is 16.3. The van der Waals surface area contributed by atoms with Gasteiger partial charge >= 0.3 is 0 Å². The second-order valence-electron chi connectivity index (χ2n) is 4.58. The Morgan fingerprint density at radius 1 is 1.22 bits per heavy atom. The van der Waals surface area contributed by atoms with E-state index >= 15 is 0 Å². The molecule has 3 heteroatoms. The van der Waals surface area contributed by atoms with Gasteiger partial charge in [-0.15, -0.1) is 0 Å². The average molecular weight is 243 g/mol. The Morgan fingerprint density at radius 3 is 2.61 bits per heavy atom. The van der Waals surface area contributed by atoms with Gasteiger partial charge in [0.2, 0.25) is 5.91 Å². The van der Waals surface area contributed by atoms with E-state index in [1.807, 2.05) is 31.2 Å². The molecule has 0 saturated carbocycles. The molecule has 0 bridgehead atoms. The van der Waals surface area contributed by atoms with E-state index in [-0.39, 0.29) is 11.8 Å². The van der Waals surface area contributed by atoms with Crippen molar-refractivity contribution in [3.63, 3.8) is 0 Å². The molecule has 0 unspecified atom stereocenters. The lowest BCUT2D eigenvalue weighted by Gasteiger charge is -2.23. The van der Waals surface area contributed by atoms with E-state index in [0.717, 1.165) is 18.4 Å². The fraction of sp³-hybridized carbons (Fsp3) is 0.333. The van der Waals surface area contributed by atoms with E-state index in [0.29, 0.717) is 13.0 Å². The van der Waals surface area contributed by atoms with Crippen LogP contribution in [0.2, 0.25) is 0 Å². The van der Waals surface area contributed by atoms with Crippen LogP contribution in [0.5, 0.6) is 0 Å². The van der Waals surface area contributed by atoms with Gasteiger partial charge in [-0.3, -0.25) is 14.5 Å². The lowest BCUT2D eigenvalue weighted by atomic mass is 10.1. The van der Waals surface area contributed by atoms with Crippen molar-refractivity contribution in [2.24, 2.45) is 0 Å². The Bertz CT molecular complexity index is 474. The van der Waals surface area contributed by atoms with Crippen LogP contribution < -0.4 is 0 Å². The molecule has 0 spiro atoms. The predicted molar refractivity (Wildman–Crippen MR) is 70.8 cm³/mol. The summed E-state index contributed by atoms with van der Waals surface area (Å²) >= 11 is 0. The summed E-state index contributed by atoms with van der Waals surface area (Å²) in [4.78, 5) is 24.8. The summed E-state index contributed by atoms with van der Waals surface area (Å²) in [5.41, 5.74) is 2.16. The molecule has 1 aromatic carbocycles. The second-order valence-corrected chi connectivity index (χ2v) is 4.58. The standard InChI is InChI=1S/C15H17NO2/c1-12-5-7-13(8-6-12)9-10-15(18)16-11-3-2-4-14(16)17/h5-10H,2-4,11H2,1H3/b10-9+. The topological polar surface area (TPSA) is 37.4 Å². The van der Waals surface area contributed by atoms with E-state index in [1.165, 1.54) is 16.5 Å². The van der Waals surface area contributed by atoms with E-state index in [2.05, 4.69) is 0 Å². The third-order valence-electron chi connectivity index (χ3n) is 3.09. The van der Waals surface area contributed by atoms with Crippen molar-refractivity contribution in [1.29, 1.82) is 0 Å². The van der Waals surface area contributed by atoms with E-state index in [9.17, 15) is 9.59 Å². The van der Waals surface area contributed by atoms with Crippen LogP contribution in [0.15, 0.2) is 30.3 Å². The molecule has 94 valence electrons. The molecule has 1 aromatic rings. The number of carbonyl (C=O) groups is 2. The minimum absolute atomic E-state index is 0.0557. The van der Waals surface area contributed by atoms with Crippen LogP contribution in [-0.2, 0) is 9.59 Å². The smallest absolute Gasteiger partial charge is 0.253 e. The minimum atomic E-state index is -0.208. The van der Waals surface area contributed by atoms with Gasteiger partial charge < -0.3 is 0 Å². The molecule has 1 fully saturated rings. The van der Waals surface area contributed by atoms with Crippen molar-refractivity contribution in [1.82, 2.24) is 4.90 Å². The molecule has 2 rings (SSSR count). The highest BCUT2D eigenvalue weighted by atomic mass is 16.2. The number of hydrogen-bond donors (Lipinski definition) is 0. The number of nitrogens with zero attached hydrogens (tertiary/aromatic N) is 1. The van der Waals surface area contributed by atoms with Gasteiger partial charge in [0.25, 0.3) is 5.91 Å². The van der Waals surface area contributed by atoms with Crippen molar-refractivity contribution in [2.75, 3.05) is 6.54 Å². The number of rotatable bonds is 2. The molecular formula is C15H17NO2. The van der Waals surface area contributed by atoms with Crippen molar-refractivity contribution >= 4 is 17.9 Å². The summed E-state index contributed by atoms with van der Waals surface area (Å²) in [6, 6.07) is 7.90. The van der Waals surface area contributed by atoms with Crippen molar-refractivity contribution in [3.05, 3.63) is 41.5 Å². The first-order valence-electron chi connectivity index (χ1n) is 6.26. The highest BCUT2D eigenvalue weighted by Crippen LogP contribution is 2.12. The van der Waals surface area contributed by atoms with Crippen LogP contribution in [0.3, 0.4) is 0 Å². The zero-order chi connectivity index (χ0) is 13.0. The fourth-order valence-corrected chi connectivity index (χ4v) is 1.97. The molecule has 18 heavy (non-hydrogen) atoms. The molecule has 1 aliphatic heterocycles. The minimum Gasteiger partial charge on any atom is -0.279 e. The molecule has 1 heterocycles. The van der Waals surface area contributed by atoms with E-state index < -0.39 is 0 Å². The van der Waals surface area contributed by atoms with Gasteiger partial charge in [-0.05, 0) is 31.4 Å². The van der Waals surface area contributed by atoms with Gasteiger partial charge in [-0.1, -0.05) is 29.8 Å². The summed E-state index contributed by atoms with van der Waals surface area (Å²) in [5, 5.41) is 0. The maximum atomic E-state index is 11.9. The Hall–Kier alpha value is -1.90. The maximum Gasteiger partial charge on any atom is 0.253 e. The molecule has 2 amide bonds.